The molecular formula is C23H31ClN2O3. The van der Waals surface area contributed by atoms with Crippen molar-refractivity contribution in [2.45, 2.75) is 76.8 Å². The molecule has 1 amide bonds. The van der Waals surface area contributed by atoms with E-state index in [2.05, 4.69) is 31.4 Å². The lowest BCUT2D eigenvalue weighted by Crippen LogP contribution is -2.52. The molecule has 158 valence electrons. The van der Waals surface area contributed by atoms with Gasteiger partial charge in [0.05, 0.1) is 5.41 Å². The number of anilines is 1. The topological polar surface area (TPSA) is 78.4 Å². The summed E-state index contributed by atoms with van der Waals surface area (Å²) in [6.07, 6.45) is 6.07. The number of nitrogens with one attached hydrogen (secondary N) is 2. The van der Waals surface area contributed by atoms with Gasteiger partial charge in [-0.05, 0) is 35.4 Å². The van der Waals surface area contributed by atoms with Crippen molar-refractivity contribution in [1.82, 2.24) is 5.32 Å². The third-order valence-corrected chi connectivity index (χ3v) is 7.34. The van der Waals surface area contributed by atoms with Crippen molar-refractivity contribution in [1.29, 1.82) is 0 Å². The van der Waals surface area contributed by atoms with Crippen LogP contribution in [0, 0.1) is 17.3 Å². The molecule has 3 N–H and O–H groups in total. The van der Waals surface area contributed by atoms with Gasteiger partial charge in [-0.1, -0.05) is 70.5 Å². The molecule has 0 bridgehead atoms. The van der Waals surface area contributed by atoms with Gasteiger partial charge in [-0.3, -0.25) is 14.9 Å². The molecule has 1 saturated carbocycles. The molecule has 1 aromatic carbocycles. The van der Waals surface area contributed by atoms with Crippen molar-refractivity contribution < 1.29 is 14.7 Å². The van der Waals surface area contributed by atoms with E-state index in [9.17, 15) is 14.7 Å². The van der Waals surface area contributed by atoms with Gasteiger partial charge < -0.3 is 10.4 Å². The first kappa shape index (κ1) is 20.7. The Balaban J connectivity index is 1.91. The van der Waals surface area contributed by atoms with Gasteiger partial charge in [0.15, 0.2) is 0 Å². The molecule has 1 spiro atoms. The molecule has 6 heteroatoms. The molecule has 4 atom stereocenters. The molecule has 4 unspecified atom stereocenters. The summed E-state index contributed by atoms with van der Waals surface area (Å²) in [5.74, 6) is -0.979. The fourth-order valence-electron chi connectivity index (χ4n) is 6.15. The maximum absolute atomic E-state index is 13.7. The van der Waals surface area contributed by atoms with Gasteiger partial charge in [0, 0.05) is 22.7 Å². The molecule has 3 aliphatic rings. The number of rotatable bonds is 3. The van der Waals surface area contributed by atoms with Crippen molar-refractivity contribution in [2.75, 3.05) is 5.32 Å². The molecule has 2 fully saturated rings. The summed E-state index contributed by atoms with van der Waals surface area (Å²) in [6.45, 7) is 6.42. The second-order valence-electron chi connectivity index (χ2n) is 10.2. The number of benzene rings is 1. The van der Waals surface area contributed by atoms with Gasteiger partial charge in [0.1, 0.15) is 6.04 Å². The smallest absolute Gasteiger partial charge is 0.321 e. The zero-order chi connectivity index (χ0) is 21.0. The average molecular weight is 419 g/mol. The van der Waals surface area contributed by atoms with E-state index in [0.717, 1.165) is 43.4 Å². The van der Waals surface area contributed by atoms with E-state index in [0.29, 0.717) is 5.02 Å². The fraction of sp³-hybridized carbons (Fsp3) is 0.652. The summed E-state index contributed by atoms with van der Waals surface area (Å²) in [4.78, 5) is 26.1. The summed E-state index contributed by atoms with van der Waals surface area (Å²) in [5.41, 5.74) is 0.714. The lowest BCUT2D eigenvalue weighted by Gasteiger charge is -2.41. The number of hydrogen-bond donors (Lipinski definition) is 3. The second-order valence-corrected chi connectivity index (χ2v) is 10.7. The van der Waals surface area contributed by atoms with Crippen LogP contribution < -0.4 is 10.6 Å². The number of carbonyl (C=O) groups is 2. The molecule has 4 rings (SSSR count). The lowest BCUT2D eigenvalue weighted by molar-refractivity contribution is -0.141. The van der Waals surface area contributed by atoms with Crippen LogP contribution in [0.2, 0.25) is 5.02 Å². The largest absolute Gasteiger partial charge is 0.480 e. The highest BCUT2D eigenvalue weighted by molar-refractivity contribution is 6.31. The highest BCUT2D eigenvalue weighted by Gasteiger charge is 2.66. The van der Waals surface area contributed by atoms with Crippen molar-refractivity contribution in [3.8, 4) is 0 Å². The Morgan fingerprint density at radius 3 is 2.55 bits per heavy atom. The maximum atomic E-state index is 13.7. The van der Waals surface area contributed by atoms with Crippen LogP contribution in [0.25, 0.3) is 0 Å². The van der Waals surface area contributed by atoms with Crippen LogP contribution in [0.3, 0.4) is 0 Å². The summed E-state index contributed by atoms with van der Waals surface area (Å²) < 4.78 is 0. The van der Waals surface area contributed by atoms with Gasteiger partial charge in [0.25, 0.3) is 0 Å². The number of amides is 1. The SMILES string of the molecule is CC(C)(C)CC1NC(C(=O)O)C(C2CCCCC2)C12C(=O)Nc1cc(Cl)ccc12. The summed E-state index contributed by atoms with van der Waals surface area (Å²) in [5, 5.41) is 17.2. The van der Waals surface area contributed by atoms with E-state index >= 15 is 0 Å². The number of carbonyl (C=O) groups excluding carboxylic acids is 1. The quantitative estimate of drug-likeness (QED) is 0.670. The fourth-order valence-corrected chi connectivity index (χ4v) is 6.32. The Hall–Kier alpha value is -1.59. The van der Waals surface area contributed by atoms with Crippen LogP contribution in [0.5, 0.6) is 0 Å². The van der Waals surface area contributed by atoms with Gasteiger partial charge in [0.2, 0.25) is 5.91 Å². The van der Waals surface area contributed by atoms with E-state index in [1.165, 1.54) is 6.42 Å². The summed E-state index contributed by atoms with van der Waals surface area (Å²) in [7, 11) is 0. The minimum Gasteiger partial charge on any atom is -0.480 e. The minimum absolute atomic E-state index is 0.0510. The second kappa shape index (κ2) is 7.28. The Labute approximate surface area is 177 Å². The number of halogens is 1. The molecule has 1 aliphatic carbocycles. The summed E-state index contributed by atoms with van der Waals surface area (Å²) >= 11 is 6.21. The molecular weight excluding hydrogens is 388 g/mol. The van der Waals surface area contributed by atoms with Gasteiger partial charge in [-0.15, -0.1) is 0 Å². The Kier molecular flexibility index (Phi) is 5.19. The van der Waals surface area contributed by atoms with Crippen LogP contribution in [-0.4, -0.2) is 29.1 Å². The van der Waals surface area contributed by atoms with E-state index in [1.807, 2.05) is 12.1 Å². The van der Waals surface area contributed by atoms with Crippen molar-refractivity contribution >= 4 is 29.2 Å². The van der Waals surface area contributed by atoms with E-state index in [4.69, 9.17) is 11.6 Å². The first-order chi connectivity index (χ1) is 13.6. The third-order valence-electron chi connectivity index (χ3n) is 7.11. The highest BCUT2D eigenvalue weighted by atomic mass is 35.5. The van der Waals surface area contributed by atoms with Gasteiger partial charge >= 0.3 is 5.97 Å². The molecule has 1 saturated heterocycles. The van der Waals surface area contributed by atoms with Gasteiger partial charge in [-0.2, -0.15) is 0 Å². The maximum Gasteiger partial charge on any atom is 0.321 e. The van der Waals surface area contributed by atoms with E-state index in [-0.39, 0.29) is 29.2 Å². The van der Waals surface area contributed by atoms with Crippen LogP contribution in [-0.2, 0) is 15.0 Å². The zero-order valence-electron chi connectivity index (χ0n) is 17.4. The number of fused-ring (bicyclic) bond motifs is 2. The predicted molar refractivity (Wildman–Crippen MR) is 114 cm³/mol. The number of carboxylic acids is 1. The Morgan fingerprint density at radius 1 is 1.24 bits per heavy atom. The third kappa shape index (κ3) is 3.36. The minimum atomic E-state index is -0.877. The first-order valence-corrected chi connectivity index (χ1v) is 11.1. The van der Waals surface area contributed by atoms with Crippen LogP contribution >= 0.6 is 11.6 Å². The molecule has 2 aliphatic heterocycles. The van der Waals surface area contributed by atoms with E-state index < -0.39 is 17.4 Å². The van der Waals surface area contributed by atoms with Crippen LogP contribution in [0.1, 0.15) is 64.9 Å². The molecule has 0 aromatic heterocycles. The monoisotopic (exact) mass is 418 g/mol. The lowest BCUT2D eigenvalue weighted by atomic mass is 9.59. The number of aliphatic carboxylic acids is 1. The summed E-state index contributed by atoms with van der Waals surface area (Å²) in [6, 6.07) is 4.59. The molecule has 5 nitrogen and oxygen atoms in total. The molecule has 29 heavy (non-hydrogen) atoms. The van der Waals surface area contributed by atoms with E-state index in [1.54, 1.807) is 6.07 Å². The van der Waals surface area contributed by atoms with Crippen LogP contribution in [0.4, 0.5) is 5.69 Å². The normalized spacial score (nSPS) is 32.4. The number of carboxylic acid groups (broad SMARTS) is 1. The van der Waals surface area contributed by atoms with Crippen LogP contribution in [0.15, 0.2) is 18.2 Å². The predicted octanol–water partition coefficient (Wildman–Crippen LogP) is 4.59. The average Bonchev–Trinajstić information content (AvgIpc) is 3.11. The number of hydrogen-bond acceptors (Lipinski definition) is 3. The zero-order valence-corrected chi connectivity index (χ0v) is 18.2. The Morgan fingerprint density at radius 2 is 1.93 bits per heavy atom. The highest BCUT2D eigenvalue weighted by Crippen LogP contribution is 2.56. The Bertz CT molecular complexity index is 828. The molecule has 1 aromatic rings. The van der Waals surface area contributed by atoms with Crippen molar-refractivity contribution in [2.24, 2.45) is 17.3 Å². The standard InChI is InChI=1S/C23H31ClN2O3/c1-22(2,3)12-17-23(15-10-9-14(24)11-16(15)25-21(23)29)18(19(26-17)20(27)28)13-7-5-4-6-8-13/h9-11,13,17-19,26H,4-8,12H2,1-3H3,(H,25,29)(H,27,28). The van der Waals surface area contributed by atoms with Crippen molar-refractivity contribution in [3.05, 3.63) is 28.8 Å². The first-order valence-electron chi connectivity index (χ1n) is 10.7. The van der Waals surface area contributed by atoms with Gasteiger partial charge in [-0.25, -0.2) is 0 Å². The van der Waals surface area contributed by atoms with Crippen molar-refractivity contribution in [3.63, 3.8) is 0 Å². The molecule has 0 radical (unpaired) electrons. The molecule has 2 heterocycles.